The maximum atomic E-state index is 12.1. The number of ether oxygens (including phenoxy) is 1. The molecule has 24 heavy (non-hydrogen) atoms. The summed E-state index contributed by atoms with van der Waals surface area (Å²) in [5.41, 5.74) is -0.796. The number of alkyl carbamates (subject to hydrolysis) is 1. The highest BCUT2D eigenvalue weighted by Crippen LogP contribution is 2.30. The van der Waals surface area contributed by atoms with Crippen LogP contribution in [-0.2, 0) is 4.74 Å². The number of rotatable bonds is 3. The number of anilines is 1. The van der Waals surface area contributed by atoms with E-state index < -0.39 is 17.3 Å². The standard InChI is InChI=1S/C15H21ClN4O4/c1-15(23)5-2-3-11(15)18-14(22)24-9-4-6-20(8-9)10-7-17-19-13(21)12(10)16/h7,9,11,23H,2-6,8H2,1H3,(H,18,22)(H,19,21)/t9-,11-,15?/m1/s1. The van der Waals surface area contributed by atoms with Crippen molar-refractivity contribution >= 4 is 23.4 Å². The summed E-state index contributed by atoms with van der Waals surface area (Å²) in [6, 6.07) is -0.283. The number of nitrogens with one attached hydrogen (secondary N) is 2. The lowest BCUT2D eigenvalue weighted by molar-refractivity contribution is 0.0326. The van der Waals surface area contributed by atoms with Gasteiger partial charge in [0.2, 0.25) is 0 Å². The van der Waals surface area contributed by atoms with Crippen LogP contribution in [-0.4, -0.2) is 52.2 Å². The molecule has 1 unspecified atom stereocenters. The van der Waals surface area contributed by atoms with Gasteiger partial charge in [-0.05, 0) is 26.2 Å². The Morgan fingerprint density at radius 3 is 3.08 bits per heavy atom. The van der Waals surface area contributed by atoms with Crippen LogP contribution in [0, 0.1) is 0 Å². The van der Waals surface area contributed by atoms with Crippen molar-refractivity contribution in [3.8, 4) is 0 Å². The molecule has 1 aliphatic heterocycles. The average Bonchev–Trinajstić information content (AvgIpc) is 3.09. The van der Waals surface area contributed by atoms with Crippen LogP contribution >= 0.6 is 11.6 Å². The molecule has 1 saturated heterocycles. The zero-order chi connectivity index (χ0) is 17.3. The molecule has 9 heteroatoms. The predicted molar refractivity (Wildman–Crippen MR) is 88.4 cm³/mol. The molecule has 2 fully saturated rings. The first-order valence-corrected chi connectivity index (χ1v) is 8.42. The van der Waals surface area contributed by atoms with Gasteiger partial charge in [0, 0.05) is 13.0 Å². The van der Waals surface area contributed by atoms with Gasteiger partial charge in [0.1, 0.15) is 11.1 Å². The van der Waals surface area contributed by atoms with E-state index in [4.69, 9.17) is 16.3 Å². The molecular formula is C15H21ClN4O4. The molecule has 0 radical (unpaired) electrons. The lowest BCUT2D eigenvalue weighted by Crippen LogP contribution is -2.48. The molecular weight excluding hydrogens is 336 g/mol. The Morgan fingerprint density at radius 1 is 1.58 bits per heavy atom. The van der Waals surface area contributed by atoms with Crippen molar-refractivity contribution in [2.24, 2.45) is 0 Å². The number of carbonyl (C=O) groups excluding carboxylic acids is 1. The van der Waals surface area contributed by atoms with Crippen molar-refractivity contribution in [1.29, 1.82) is 0 Å². The SMILES string of the molecule is CC1(O)CCC[C@H]1NC(=O)O[C@@H]1CCN(c2cn[nH]c(=O)c2Cl)C1. The third-order valence-electron chi connectivity index (χ3n) is 4.76. The number of halogens is 1. The van der Waals surface area contributed by atoms with Crippen LogP contribution in [0.4, 0.5) is 10.5 Å². The average molecular weight is 357 g/mol. The molecule has 1 aliphatic carbocycles. The minimum absolute atomic E-state index is 0.0807. The fraction of sp³-hybridized carbons (Fsp3) is 0.667. The van der Waals surface area contributed by atoms with E-state index in [-0.39, 0.29) is 17.2 Å². The fourth-order valence-corrected chi connectivity index (χ4v) is 3.55. The van der Waals surface area contributed by atoms with Crippen LogP contribution in [0.25, 0.3) is 0 Å². The van der Waals surface area contributed by atoms with Gasteiger partial charge in [-0.1, -0.05) is 11.6 Å². The number of hydrogen-bond donors (Lipinski definition) is 3. The number of H-pyrrole nitrogens is 1. The molecule has 1 amide bonds. The highest BCUT2D eigenvalue weighted by atomic mass is 35.5. The first-order chi connectivity index (χ1) is 11.4. The maximum absolute atomic E-state index is 12.1. The van der Waals surface area contributed by atoms with E-state index >= 15 is 0 Å². The van der Waals surface area contributed by atoms with E-state index in [9.17, 15) is 14.7 Å². The summed E-state index contributed by atoms with van der Waals surface area (Å²) in [6.07, 6.45) is 3.59. The molecule has 0 bridgehead atoms. The Bertz CT molecular complexity index is 678. The van der Waals surface area contributed by atoms with E-state index in [0.717, 1.165) is 12.8 Å². The molecule has 3 N–H and O–H groups in total. The van der Waals surface area contributed by atoms with Crippen LogP contribution in [0.2, 0.25) is 5.02 Å². The zero-order valence-corrected chi connectivity index (χ0v) is 14.2. The molecule has 1 aromatic rings. The smallest absolute Gasteiger partial charge is 0.407 e. The quantitative estimate of drug-likeness (QED) is 0.746. The minimum Gasteiger partial charge on any atom is -0.444 e. The fourth-order valence-electron chi connectivity index (χ4n) is 3.34. The molecule has 3 atom stereocenters. The summed E-state index contributed by atoms with van der Waals surface area (Å²) in [7, 11) is 0. The Hall–Kier alpha value is -1.80. The topological polar surface area (TPSA) is 108 Å². The van der Waals surface area contributed by atoms with Crippen molar-refractivity contribution in [2.75, 3.05) is 18.0 Å². The Morgan fingerprint density at radius 2 is 2.38 bits per heavy atom. The van der Waals surface area contributed by atoms with Crippen LogP contribution < -0.4 is 15.8 Å². The molecule has 2 heterocycles. The zero-order valence-electron chi connectivity index (χ0n) is 13.4. The van der Waals surface area contributed by atoms with Gasteiger partial charge < -0.3 is 20.1 Å². The highest BCUT2D eigenvalue weighted by molar-refractivity contribution is 6.33. The van der Waals surface area contributed by atoms with Gasteiger partial charge >= 0.3 is 6.09 Å². The van der Waals surface area contributed by atoms with Crippen molar-refractivity contribution in [3.05, 3.63) is 21.6 Å². The van der Waals surface area contributed by atoms with Crippen LogP contribution in [0.15, 0.2) is 11.0 Å². The summed E-state index contributed by atoms with van der Waals surface area (Å²) in [4.78, 5) is 25.4. The maximum Gasteiger partial charge on any atom is 0.407 e. The van der Waals surface area contributed by atoms with Gasteiger partial charge in [0.25, 0.3) is 5.56 Å². The first kappa shape index (κ1) is 17.0. The number of carbonyl (C=O) groups is 1. The van der Waals surface area contributed by atoms with E-state index in [1.807, 2.05) is 4.90 Å². The van der Waals surface area contributed by atoms with Gasteiger partial charge in [-0.25, -0.2) is 9.89 Å². The van der Waals surface area contributed by atoms with Crippen LogP contribution in [0.1, 0.15) is 32.6 Å². The summed E-state index contributed by atoms with van der Waals surface area (Å²) >= 11 is 6.00. The number of hydrogen-bond acceptors (Lipinski definition) is 6. The van der Waals surface area contributed by atoms with E-state index in [0.29, 0.717) is 31.6 Å². The lowest BCUT2D eigenvalue weighted by Gasteiger charge is -2.26. The van der Waals surface area contributed by atoms with E-state index in [2.05, 4.69) is 15.5 Å². The van der Waals surface area contributed by atoms with E-state index in [1.54, 1.807) is 6.92 Å². The second-order valence-electron chi connectivity index (χ2n) is 6.61. The Labute approximate surface area is 144 Å². The van der Waals surface area contributed by atoms with Crippen molar-refractivity contribution in [2.45, 2.75) is 50.4 Å². The number of aromatic nitrogens is 2. The second kappa shape index (κ2) is 6.60. The largest absolute Gasteiger partial charge is 0.444 e. The number of aromatic amines is 1. The monoisotopic (exact) mass is 356 g/mol. The van der Waals surface area contributed by atoms with Gasteiger partial charge in [-0.15, -0.1) is 0 Å². The number of aliphatic hydroxyl groups is 1. The number of amides is 1. The van der Waals surface area contributed by atoms with Gasteiger partial charge in [-0.3, -0.25) is 4.79 Å². The van der Waals surface area contributed by atoms with Gasteiger partial charge in [-0.2, -0.15) is 5.10 Å². The van der Waals surface area contributed by atoms with Crippen LogP contribution in [0.5, 0.6) is 0 Å². The van der Waals surface area contributed by atoms with Crippen molar-refractivity contribution in [1.82, 2.24) is 15.5 Å². The molecule has 132 valence electrons. The summed E-state index contributed by atoms with van der Waals surface area (Å²) < 4.78 is 5.44. The second-order valence-corrected chi connectivity index (χ2v) is 6.98. The van der Waals surface area contributed by atoms with Crippen LogP contribution in [0.3, 0.4) is 0 Å². The lowest BCUT2D eigenvalue weighted by atomic mass is 10.0. The van der Waals surface area contributed by atoms with Gasteiger partial charge in [0.15, 0.2) is 0 Å². The van der Waals surface area contributed by atoms with Crippen molar-refractivity contribution < 1.29 is 14.6 Å². The number of nitrogens with zero attached hydrogens (tertiary/aromatic N) is 2. The minimum atomic E-state index is -0.884. The molecule has 0 spiro atoms. The highest BCUT2D eigenvalue weighted by Gasteiger charge is 2.38. The first-order valence-electron chi connectivity index (χ1n) is 8.04. The summed E-state index contributed by atoms with van der Waals surface area (Å²) in [5.74, 6) is 0. The van der Waals surface area contributed by atoms with Gasteiger partial charge in [0.05, 0.1) is 30.1 Å². The normalized spacial score (nSPS) is 29.7. The molecule has 8 nitrogen and oxygen atoms in total. The Balaban J connectivity index is 1.55. The summed E-state index contributed by atoms with van der Waals surface area (Å²) in [6.45, 7) is 2.79. The van der Waals surface area contributed by atoms with Crippen molar-refractivity contribution in [3.63, 3.8) is 0 Å². The molecule has 1 aromatic heterocycles. The third kappa shape index (κ3) is 3.49. The predicted octanol–water partition coefficient (Wildman–Crippen LogP) is 1.03. The molecule has 3 rings (SSSR count). The molecule has 0 aromatic carbocycles. The van der Waals surface area contributed by atoms with E-state index in [1.165, 1.54) is 6.20 Å². The molecule has 1 saturated carbocycles. The molecule has 2 aliphatic rings. The Kier molecular flexibility index (Phi) is 4.69. The third-order valence-corrected chi connectivity index (χ3v) is 5.12. The summed E-state index contributed by atoms with van der Waals surface area (Å²) in [5, 5.41) is 19.0.